The minimum absolute atomic E-state index is 0.108. The second-order valence-electron chi connectivity index (χ2n) is 8.27. The van der Waals surface area contributed by atoms with Crippen molar-refractivity contribution in [2.45, 2.75) is 37.4 Å². The molecular formula is C23H21ClN4O9S. The molecular weight excluding hydrogens is 544 g/mol. The van der Waals surface area contributed by atoms with Gasteiger partial charge in [0.1, 0.15) is 6.61 Å². The molecule has 1 aliphatic rings. The van der Waals surface area contributed by atoms with E-state index in [1.54, 1.807) is 0 Å². The van der Waals surface area contributed by atoms with Crippen molar-refractivity contribution in [3.05, 3.63) is 92.0 Å². The lowest BCUT2D eigenvalue weighted by Crippen LogP contribution is -2.75. The van der Waals surface area contributed by atoms with Crippen LogP contribution in [0.2, 0.25) is 0 Å². The average Bonchev–Trinajstić information content (AvgIpc) is 2.86. The molecule has 15 heteroatoms. The lowest BCUT2D eigenvalue weighted by atomic mass is 9.99. The molecule has 1 saturated heterocycles. The number of rotatable bonds is 11. The Bertz CT molecular complexity index is 1290. The minimum atomic E-state index is -2.24. The summed E-state index contributed by atoms with van der Waals surface area (Å²) >= 11 is 0. The Morgan fingerprint density at radius 2 is 1.79 bits per heavy atom. The smallest absolute Gasteiger partial charge is 0.333 e. The van der Waals surface area contributed by atoms with Crippen molar-refractivity contribution in [2.75, 3.05) is 0 Å². The number of benzene rings is 2. The van der Waals surface area contributed by atoms with Gasteiger partial charge in [-0.25, -0.2) is 4.79 Å². The molecule has 38 heavy (non-hydrogen) atoms. The second-order valence-corrected chi connectivity index (χ2v) is 10.2. The Morgan fingerprint density at radius 1 is 1.16 bits per heavy atom. The number of hydrogen-bond acceptors (Lipinski definition) is 9. The van der Waals surface area contributed by atoms with E-state index in [9.17, 15) is 39.2 Å². The van der Waals surface area contributed by atoms with Crippen molar-refractivity contribution in [3.63, 3.8) is 0 Å². The number of nitrogens with zero attached hydrogens (tertiary/aromatic N) is 3. The van der Waals surface area contributed by atoms with Crippen LogP contribution in [0.25, 0.3) is 0 Å². The molecule has 4 unspecified atom stereocenters. The third-order valence-electron chi connectivity index (χ3n) is 5.62. The first-order valence-corrected chi connectivity index (χ1v) is 12.9. The summed E-state index contributed by atoms with van der Waals surface area (Å²) in [5, 5.41) is 23.0. The van der Waals surface area contributed by atoms with Crippen molar-refractivity contribution in [2.24, 2.45) is 0 Å². The first-order chi connectivity index (χ1) is 17.9. The average molecular weight is 565 g/mol. The van der Waals surface area contributed by atoms with Gasteiger partial charge in [-0.15, -0.1) is 0 Å². The van der Waals surface area contributed by atoms with E-state index in [2.05, 4.69) is 11.9 Å². The van der Waals surface area contributed by atoms with E-state index < -0.39 is 61.9 Å². The van der Waals surface area contributed by atoms with Crippen LogP contribution in [-0.4, -0.2) is 54.5 Å². The van der Waals surface area contributed by atoms with Crippen LogP contribution in [-0.2, 0) is 42.5 Å². The van der Waals surface area contributed by atoms with Gasteiger partial charge < -0.3 is 14.6 Å². The van der Waals surface area contributed by atoms with Crippen LogP contribution in [0.3, 0.4) is 0 Å². The molecule has 2 aromatic carbocycles. The number of nitro groups is 2. The maximum atomic E-state index is 13.0. The van der Waals surface area contributed by atoms with Gasteiger partial charge in [-0.05, 0) is 30.2 Å². The summed E-state index contributed by atoms with van der Waals surface area (Å²) in [6, 6.07) is 8.12. The predicted molar refractivity (Wildman–Crippen MR) is 135 cm³/mol. The van der Waals surface area contributed by atoms with E-state index in [1.165, 1.54) is 55.5 Å². The number of likely N-dealkylation sites (tertiary alicyclic amines) is 1. The number of carbonyl (C=O) groups is 3. The monoisotopic (exact) mass is 564 g/mol. The van der Waals surface area contributed by atoms with E-state index in [0.717, 1.165) is 4.90 Å². The molecule has 0 aliphatic carbocycles. The number of carbonyl (C=O) groups excluding carboxylic acids is 3. The number of hydrogen-bond donors (Lipinski definition) is 1. The van der Waals surface area contributed by atoms with Crippen LogP contribution in [0.1, 0.15) is 18.1 Å². The van der Waals surface area contributed by atoms with Crippen LogP contribution < -0.4 is 5.32 Å². The molecule has 2 aromatic rings. The molecule has 1 aliphatic heterocycles. The van der Waals surface area contributed by atoms with Crippen molar-refractivity contribution in [1.29, 1.82) is 0 Å². The first-order valence-electron chi connectivity index (χ1n) is 10.9. The van der Waals surface area contributed by atoms with Gasteiger partial charge in [0.05, 0.1) is 26.7 Å². The summed E-state index contributed by atoms with van der Waals surface area (Å²) in [4.78, 5) is 60.1. The minimum Gasteiger partial charge on any atom is -0.597 e. The number of β-lactam (4-membered cyclic amide) rings is 1. The van der Waals surface area contributed by atoms with E-state index in [4.69, 9.17) is 15.4 Å². The number of amides is 2. The van der Waals surface area contributed by atoms with Crippen LogP contribution in [0.4, 0.5) is 11.4 Å². The molecule has 13 nitrogen and oxygen atoms in total. The zero-order valence-electron chi connectivity index (χ0n) is 19.8. The summed E-state index contributed by atoms with van der Waals surface area (Å²) < 4.78 is 17.6. The largest absolute Gasteiger partial charge is 0.597 e. The van der Waals surface area contributed by atoms with Gasteiger partial charge in [0.2, 0.25) is 11.3 Å². The standard InChI is InChI=1S/C23H21ClN4O9S/c1-13(2)20(23(31)37-12-14-7-9-16(10-8-14)27(32)33)26-21(30)19(22(26)38(24)36)25-18(29)11-15-5-3-4-6-17(15)28(34)35/h3-10,19-20,22H,1,11-12H2,2H3,(H,25,29). The number of para-hydroxylation sites is 1. The van der Waals surface area contributed by atoms with Gasteiger partial charge in [-0.1, -0.05) is 24.8 Å². The van der Waals surface area contributed by atoms with Gasteiger partial charge in [-0.3, -0.25) is 34.7 Å². The third kappa shape index (κ3) is 6.27. The van der Waals surface area contributed by atoms with Crippen molar-refractivity contribution < 1.29 is 33.5 Å². The fourth-order valence-electron chi connectivity index (χ4n) is 3.83. The van der Waals surface area contributed by atoms with Crippen molar-refractivity contribution >= 4 is 50.2 Å². The highest BCUT2D eigenvalue weighted by atomic mass is 35.7. The van der Waals surface area contributed by atoms with E-state index >= 15 is 0 Å². The molecule has 1 N–H and O–H groups in total. The molecule has 0 radical (unpaired) electrons. The topological polar surface area (TPSA) is 185 Å². The Hall–Kier alpha value is -4.01. The molecule has 0 aromatic heterocycles. The predicted octanol–water partition coefficient (Wildman–Crippen LogP) is 2.29. The van der Waals surface area contributed by atoms with Crippen LogP contribution in [0.5, 0.6) is 0 Å². The second kappa shape index (κ2) is 12.0. The number of nitrogens with one attached hydrogen (secondary N) is 1. The first kappa shape index (κ1) is 28.6. The zero-order chi connectivity index (χ0) is 28.1. The van der Waals surface area contributed by atoms with Gasteiger partial charge in [-0.2, -0.15) is 0 Å². The Morgan fingerprint density at radius 3 is 2.34 bits per heavy atom. The fraction of sp³-hybridized carbons (Fsp3) is 0.261. The highest BCUT2D eigenvalue weighted by Crippen LogP contribution is 2.33. The van der Waals surface area contributed by atoms with Gasteiger partial charge in [0.15, 0.2) is 22.8 Å². The highest BCUT2D eigenvalue weighted by molar-refractivity contribution is 8.14. The van der Waals surface area contributed by atoms with E-state index in [0.29, 0.717) is 5.56 Å². The van der Waals surface area contributed by atoms with E-state index in [-0.39, 0.29) is 29.1 Å². The highest BCUT2D eigenvalue weighted by Gasteiger charge is 2.60. The summed E-state index contributed by atoms with van der Waals surface area (Å²) in [6.07, 6.45) is -0.427. The normalized spacial score (nSPS) is 18.1. The van der Waals surface area contributed by atoms with Gasteiger partial charge in [0, 0.05) is 23.8 Å². The van der Waals surface area contributed by atoms with Crippen LogP contribution in [0, 0.1) is 20.2 Å². The number of non-ortho nitro benzene ring substituents is 1. The molecule has 1 heterocycles. The molecule has 4 atom stereocenters. The molecule has 3 rings (SSSR count). The van der Waals surface area contributed by atoms with Gasteiger partial charge in [0.25, 0.3) is 17.3 Å². The SMILES string of the molecule is C=C(C)C(C(=O)OCc1ccc([N+](=O)[O-])cc1)N1C(=O)C(NC(=O)Cc2ccccc2[N+](=O)[O-])C1[S+]([O-])Cl. The molecule has 2 amide bonds. The van der Waals surface area contributed by atoms with Crippen molar-refractivity contribution in [1.82, 2.24) is 10.2 Å². The van der Waals surface area contributed by atoms with E-state index in [1.807, 2.05) is 0 Å². The molecule has 0 saturated carbocycles. The summed E-state index contributed by atoms with van der Waals surface area (Å²) in [7, 11) is 3.57. The third-order valence-corrected chi connectivity index (χ3v) is 7.05. The van der Waals surface area contributed by atoms with Crippen LogP contribution in [0.15, 0.2) is 60.7 Å². The summed E-state index contributed by atoms with van der Waals surface area (Å²) in [5.74, 6) is -2.45. The summed E-state index contributed by atoms with van der Waals surface area (Å²) in [6.45, 7) is 4.87. The number of esters is 1. The lowest BCUT2D eigenvalue weighted by molar-refractivity contribution is -0.385. The van der Waals surface area contributed by atoms with Gasteiger partial charge >= 0.3 is 5.97 Å². The maximum Gasteiger partial charge on any atom is 0.333 e. The zero-order valence-corrected chi connectivity index (χ0v) is 21.3. The molecule has 200 valence electrons. The molecule has 0 bridgehead atoms. The number of nitro benzene ring substituents is 2. The van der Waals surface area contributed by atoms with Crippen molar-refractivity contribution in [3.8, 4) is 0 Å². The Kier molecular flexibility index (Phi) is 9.04. The number of ether oxygens (including phenoxy) is 1. The Balaban J connectivity index is 1.70. The Labute approximate surface area is 223 Å². The molecule has 0 spiro atoms. The lowest BCUT2D eigenvalue weighted by Gasteiger charge is -2.47. The maximum absolute atomic E-state index is 13.0. The summed E-state index contributed by atoms with van der Waals surface area (Å²) in [5.41, 5.74) is 0.297. The quantitative estimate of drug-likeness (QED) is 0.107. The molecule has 1 fully saturated rings. The van der Waals surface area contributed by atoms with Crippen LogP contribution >= 0.6 is 10.7 Å². The number of halogens is 1. The fourth-order valence-corrected chi connectivity index (χ4v) is 5.19.